The number of aliphatic hydroxyl groups is 2. The van der Waals surface area contributed by atoms with Crippen molar-refractivity contribution >= 4 is 10.0 Å². The lowest BCUT2D eigenvalue weighted by Gasteiger charge is -2.28. The summed E-state index contributed by atoms with van der Waals surface area (Å²) in [6, 6.07) is 11.2. The van der Waals surface area contributed by atoms with Gasteiger partial charge in [0.05, 0.1) is 35.8 Å². The summed E-state index contributed by atoms with van der Waals surface area (Å²) in [5.41, 5.74) is -2.36. The second-order valence-corrected chi connectivity index (χ2v) is 10.3. The van der Waals surface area contributed by atoms with Crippen molar-refractivity contribution in [2.45, 2.75) is 30.4 Å². The minimum atomic E-state index is -4.23. The molecular weight excluding hydrogens is 465 g/mol. The highest BCUT2D eigenvalue weighted by molar-refractivity contribution is 7.89. The number of sulfonamides is 1. The van der Waals surface area contributed by atoms with E-state index < -0.39 is 40.7 Å². The summed E-state index contributed by atoms with van der Waals surface area (Å²) in [4.78, 5) is -0.246. The van der Waals surface area contributed by atoms with Crippen molar-refractivity contribution < 1.29 is 32.5 Å². The van der Waals surface area contributed by atoms with E-state index in [9.17, 15) is 28.3 Å². The van der Waals surface area contributed by atoms with Crippen LogP contribution in [0.15, 0.2) is 41.3 Å². The first-order valence-corrected chi connectivity index (χ1v) is 11.9. The third-order valence-electron chi connectivity index (χ3n) is 5.31. The zero-order chi connectivity index (χ0) is 25.1. The third kappa shape index (κ3) is 4.98. The van der Waals surface area contributed by atoms with Crippen LogP contribution in [-0.4, -0.2) is 60.9 Å². The Kier molecular flexibility index (Phi) is 7.44. The number of benzene rings is 2. The van der Waals surface area contributed by atoms with Gasteiger partial charge in [-0.15, -0.1) is 0 Å². The fourth-order valence-electron chi connectivity index (χ4n) is 3.47. The Bertz CT molecular complexity index is 1250. The Balaban J connectivity index is 1.96. The molecule has 1 aliphatic heterocycles. The van der Waals surface area contributed by atoms with E-state index >= 15 is 0 Å². The van der Waals surface area contributed by atoms with Crippen LogP contribution >= 0.6 is 0 Å². The summed E-state index contributed by atoms with van der Waals surface area (Å²) in [5, 5.41) is 39.3. The van der Waals surface area contributed by atoms with E-state index in [2.05, 4.69) is 0 Å². The summed E-state index contributed by atoms with van der Waals surface area (Å²) in [7, 11) is -4.23. The first-order valence-electron chi connectivity index (χ1n) is 10.4. The summed E-state index contributed by atoms with van der Waals surface area (Å²) in [5.74, 6) is -0.883. The Hall–Kier alpha value is -3.22. The van der Waals surface area contributed by atoms with Gasteiger partial charge in [0.2, 0.25) is 10.0 Å². The van der Waals surface area contributed by atoms with E-state index in [1.807, 2.05) is 19.9 Å². The predicted molar refractivity (Wildman–Crippen MR) is 118 cm³/mol. The van der Waals surface area contributed by atoms with Crippen LogP contribution in [0.4, 0.5) is 4.39 Å². The molecule has 2 aromatic carbocycles. The molecule has 2 N–H and O–H groups in total. The van der Waals surface area contributed by atoms with Crippen molar-refractivity contribution in [3.63, 3.8) is 0 Å². The van der Waals surface area contributed by atoms with Gasteiger partial charge in [0.1, 0.15) is 29.7 Å². The molecule has 0 bridgehead atoms. The number of β-amino-alcohol motifs (C(OH)–C–C–N with tert-alkyl or cyclic N) is 1. The highest BCUT2D eigenvalue weighted by Crippen LogP contribution is 2.36. The Labute approximate surface area is 197 Å². The van der Waals surface area contributed by atoms with Crippen LogP contribution < -0.4 is 9.47 Å². The van der Waals surface area contributed by atoms with Gasteiger partial charge in [0.25, 0.3) is 0 Å². The average molecular weight is 490 g/mol. The molecule has 1 heterocycles. The van der Waals surface area contributed by atoms with Gasteiger partial charge in [-0.25, -0.2) is 12.8 Å². The second kappa shape index (κ2) is 9.95. The number of nitrogens with zero attached hydrogens (tertiary/aromatic N) is 3. The molecule has 1 fully saturated rings. The molecule has 0 radical (unpaired) electrons. The van der Waals surface area contributed by atoms with E-state index in [4.69, 9.17) is 14.7 Å². The minimum absolute atomic E-state index is 0.0445. The maximum absolute atomic E-state index is 14.3. The number of hydrogen-bond acceptors (Lipinski definition) is 8. The molecule has 2 atom stereocenters. The summed E-state index contributed by atoms with van der Waals surface area (Å²) in [6.45, 7) is 2.26. The SMILES string of the molecule is CC(C)COc1cc(C#N)c(F)cc1OC1CN(S(=O)(=O)c2ccccc2C#N)C[C@@]1(O)CO. The van der Waals surface area contributed by atoms with Gasteiger partial charge >= 0.3 is 0 Å². The van der Waals surface area contributed by atoms with Gasteiger partial charge in [-0.1, -0.05) is 26.0 Å². The van der Waals surface area contributed by atoms with Gasteiger partial charge in [0.15, 0.2) is 11.5 Å². The molecule has 180 valence electrons. The van der Waals surface area contributed by atoms with Crippen molar-refractivity contribution in [3.8, 4) is 23.6 Å². The second-order valence-electron chi connectivity index (χ2n) is 8.37. The Morgan fingerprint density at radius 2 is 1.88 bits per heavy atom. The van der Waals surface area contributed by atoms with Crippen molar-refractivity contribution in [2.24, 2.45) is 5.92 Å². The zero-order valence-electron chi connectivity index (χ0n) is 18.6. The van der Waals surface area contributed by atoms with Crippen LogP contribution in [0.1, 0.15) is 25.0 Å². The lowest BCUT2D eigenvalue weighted by Crippen LogP contribution is -2.48. The van der Waals surface area contributed by atoms with Gasteiger partial charge in [0, 0.05) is 18.7 Å². The molecular formula is C23H24FN3O6S. The molecule has 0 aromatic heterocycles. The molecule has 0 amide bonds. The number of nitriles is 2. The maximum Gasteiger partial charge on any atom is 0.244 e. The first-order chi connectivity index (χ1) is 16.1. The molecule has 34 heavy (non-hydrogen) atoms. The predicted octanol–water partition coefficient (Wildman–Crippen LogP) is 1.78. The monoisotopic (exact) mass is 489 g/mol. The van der Waals surface area contributed by atoms with Crippen LogP contribution in [-0.2, 0) is 10.0 Å². The third-order valence-corrected chi connectivity index (χ3v) is 7.18. The largest absolute Gasteiger partial charge is 0.489 e. The highest BCUT2D eigenvalue weighted by Gasteiger charge is 2.51. The molecule has 0 spiro atoms. The fraction of sp³-hybridized carbons (Fsp3) is 0.391. The van der Waals surface area contributed by atoms with Crippen LogP contribution in [0.25, 0.3) is 0 Å². The number of ether oxygens (including phenoxy) is 2. The Morgan fingerprint density at radius 1 is 1.21 bits per heavy atom. The number of hydrogen-bond donors (Lipinski definition) is 2. The first kappa shape index (κ1) is 25.4. The average Bonchev–Trinajstić information content (AvgIpc) is 3.15. The zero-order valence-corrected chi connectivity index (χ0v) is 19.4. The van der Waals surface area contributed by atoms with Crippen molar-refractivity contribution in [1.82, 2.24) is 4.31 Å². The lowest BCUT2D eigenvalue weighted by atomic mass is 10.0. The highest BCUT2D eigenvalue weighted by atomic mass is 32.2. The molecule has 1 saturated heterocycles. The van der Waals surface area contributed by atoms with E-state index in [0.717, 1.165) is 16.4 Å². The minimum Gasteiger partial charge on any atom is -0.489 e. The van der Waals surface area contributed by atoms with Crippen LogP contribution in [0.3, 0.4) is 0 Å². The maximum atomic E-state index is 14.3. The van der Waals surface area contributed by atoms with Crippen LogP contribution in [0.2, 0.25) is 0 Å². The molecule has 0 saturated carbocycles. The smallest absolute Gasteiger partial charge is 0.244 e. The molecule has 1 unspecified atom stereocenters. The van der Waals surface area contributed by atoms with Crippen molar-refractivity contribution in [3.05, 3.63) is 53.3 Å². The summed E-state index contributed by atoms with van der Waals surface area (Å²) < 4.78 is 53.1. The van der Waals surface area contributed by atoms with Gasteiger partial charge in [-0.2, -0.15) is 14.8 Å². The van der Waals surface area contributed by atoms with Crippen LogP contribution in [0, 0.1) is 34.4 Å². The number of aliphatic hydroxyl groups excluding tert-OH is 1. The van der Waals surface area contributed by atoms with Crippen LogP contribution in [0.5, 0.6) is 11.5 Å². The number of halogens is 1. The molecule has 0 aliphatic carbocycles. The van der Waals surface area contributed by atoms with E-state index in [-0.39, 0.29) is 46.6 Å². The van der Waals surface area contributed by atoms with Crippen molar-refractivity contribution in [1.29, 1.82) is 10.5 Å². The van der Waals surface area contributed by atoms with E-state index in [0.29, 0.717) is 0 Å². The molecule has 2 aromatic rings. The van der Waals surface area contributed by atoms with E-state index in [1.165, 1.54) is 24.3 Å². The summed E-state index contributed by atoms with van der Waals surface area (Å²) in [6.07, 6.45) is -1.30. The summed E-state index contributed by atoms with van der Waals surface area (Å²) >= 11 is 0. The molecule has 9 nitrogen and oxygen atoms in total. The van der Waals surface area contributed by atoms with Gasteiger partial charge in [-0.05, 0) is 18.1 Å². The molecule has 3 rings (SSSR count). The standard InChI is InChI=1S/C23H24FN3O6S/c1-15(2)12-32-19-7-17(10-26)18(24)8-20(19)33-22-11-27(13-23(22,29)14-28)34(30,31)21-6-4-3-5-16(21)9-25/h3-8,15,22,28-29H,11-14H2,1-2H3/t22?,23-/m1/s1. The lowest BCUT2D eigenvalue weighted by molar-refractivity contribution is -0.0647. The van der Waals surface area contributed by atoms with Gasteiger partial charge < -0.3 is 19.7 Å². The normalized spacial score (nSPS) is 20.6. The molecule has 11 heteroatoms. The quantitative estimate of drug-likeness (QED) is 0.571. The Morgan fingerprint density at radius 3 is 2.50 bits per heavy atom. The van der Waals surface area contributed by atoms with Crippen molar-refractivity contribution in [2.75, 3.05) is 26.3 Å². The number of rotatable bonds is 8. The topological polar surface area (TPSA) is 144 Å². The molecule has 1 aliphatic rings. The van der Waals surface area contributed by atoms with Gasteiger partial charge in [-0.3, -0.25) is 0 Å². The fourth-order valence-corrected chi connectivity index (χ4v) is 5.11. The van der Waals surface area contributed by atoms with E-state index in [1.54, 1.807) is 6.07 Å².